The Labute approximate surface area is 152 Å². The Balaban J connectivity index is 1.74. The number of alkyl halides is 2. The van der Waals surface area contributed by atoms with Crippen molar-refractivity contribution in [3.63, 3.8) is 0 Å². The zero-order valence-electron chi connectivity index (χ0n) is 14.1. The molecule has 27 heavy (non-hydrogen) atoms. The fourth-order valence-electron chi connectivity index (χ4n) is 2.23. The Morgan fingerprint density at radius 3 is 2.56 bits per heavy atom. The molecule has 0 spiro atoms. The highest BCUT2D eigenvalue weighted by Crippen LogP contribution is 2.30. The molecule has 0 aliphatic rings. The molecule has 0 aliphatic carbocycles. The van der Waals surface area contributed by atoms with Crippen molar-refractivity contribution in [3.05, 3.63) is 54.4 Å². The summed E-state index contributed by atoms with van der Waals surface area (Å²) in [6.07, 6.45) is 1.21. The van der Waals surface area contributed by atoms with Crippen LogP contribution in [0.1, 0.15) is 17.3 Å². The lowest BCUT2D eigenvalue weighted by molar-refractivity contribution is -0.0514. The molecule has 1 aromatic heterocycles. The molecule has 0 saturated carbocycles. The van der Waals surface area contributed by atoms with Gasteiger partial charge >= 0.3 is 12.6 Å². The van der Waals surface area contributed by atoms with Gasteiger partial charge in [0, 0.05) is 5.56 Å². The fourth-order valence-corrected chi connectivity index (χ4v) is 2.23. The highest BCUT2D eigenvalue weighted by molar-refractivity contribution is 5.91. The van der Waals surface area contributed by atoms with Crippen molar-refractivity contribution in [1.29, 1.82) is 0 Å². The maximum absolute atomic E-state index is 12.4. The van der Waals surface area contributed by atoms with Crippen LogP contribution in [0.4, 0.5) is 8.78 Å². The van der Waals surface area contributed by atoms with Crippen molar-refractivity contribution in [2.24, 2.45) is 0 Å². The van der Waals surface area contributed by atoms with Gasteiger partial charge in [0.1, 0.15) is 5.75 Å². The van der Waals surface area contributed by atoms with Crippen LogP contribution in [0.5, 0.6) is 17.2 Å². The summed E-state index contributed by atoms with van der Waals surface area (Å²) in [5.41, 5.74) is 0.792. The minimum Gasteiger partial charge on any atom is -0.490 e. The Bertz CT molecular complexity index is 899. The average Bonchev–Trinajstić information content (AvgIpc) is 3.18. The molecule has 0 aliphatic heterocycles. The van der Waals surface area contributed by atoms with E-state index in [1.165, 1.54) is 24.6 Å². The lowest BCUT2D eigenvalue weighted by Crippen LogP contribution is -2.10. The SMILES string of the molecule is CCOc1cc(C(=O)Oc2ccc(-c3nnco3)cc2)ccc1OC(F)F. The number of esters is 1. The predicted molar refractivity (Wildman–Crippen MR) is 88.9 cm³/mol. The van der Waals surface area contributed by atoms with Gasteiger partial charge in [0.25, 0.3) is 0 Å². The van der Waals surface area contributed by atoms with Gasteiger partial charge in [0.2, 0.25) is 12.3 Å². The molecule has 1 heterocycles. The number of carbonyl (C=O) groups is 1. The van der Waals surface area contributed by atoms with Crippen molar-refractivity contribution < 1.29 is 32.2 Å². The molecule has 7 nitrogen and oxygen atoms in total. The van der Waals surface area contributed by atoms with Gasteiger partial charge in [-0.25, -0.2) is 4.79 Å². The van der Waals surface area contributed by atoms with E-state index in [-0.39, 0.29) is 29.4 Å². The molecule has 2 aromatic carbocycles. The number of carbonyl (C=O) groups excluding carboxylic acids is 1. The molecule has 0 fully saturated rings. The largest absolute Gasteiger partial charge is 0.490 e. The Morgan fingerprint density at radius 2 is 1.93 bits per heavy atom. The van der Waals surface area contributed by atoms with Gasteiger partial charge in [-0.2, -0.15) is 8.78 Å². The summed E-state index contributed by atoms with van der Waals surface area (Å²) < 4.78 is 44.8. The lowest BCUT2D eigenvalue weighted by atomic mass is 10.2. The summed E-state index contributed by atoms with van der Waals surface area (Å²) in [5, 5.41) is 7.36. The molecular formula is C18H14F2N2O5. The first-order chi connectivity index (χ1) is 13.1. The molecule has 0 N–H and O–H groups in total. The van der Waals surface area contributed by atoms with E-state index in [0.717, 1.165) is 0 Å². The van der Waals surface area contributed by atoms with E-state index in [1.807, 2.05) is 0 Å². The highest BCUT2D eigenvalue weighted by atomic mass is 19.3. The van der Waals surface area contributed by atoms with Crippen LogP contribution < -0.4 is 14.2 Å². The number of halogens is 2. The minimum absolute atomic E-state index is 0.0268. The topological polar surface area (TPSA) is 83.7 Å². The Kier molecular flexibility index (Phi) is 5.60. The lowest BCUT2D eigenvalue weighted by Gasteiger charge is -2.12. The third-order valence-corrected chi connectivity index (χ3v) is 3.37. The van der Waals surface area contributed by atoms with Gasteiger partial charge in [-0.3, -0.25) is 0 Å². The van der Waals surface area contributed by atoms with Crippen LogP contribution in [-0.2, 0) is 0 Å². The fraction of sp³-hybridized carbons (Fsp3) is 0.167. The number of hydrogen-bond acceptors (Lipinski definition) is 7. The summed E-state index contributed by atoms with van der Waals surface area (Å²) in [5.74, 6) is -0.186. The van der Waals surface area contributed by atoms with Gasteiger partial charge in [-0.1, -0.05) is 0 Å². The van der Waals surface area contributed by atoms with Crippen molar-refractivity contribution >= 4 is 5.97 Å². The van der Waals surface area contributed by atoms with Gasteiger partial charge in [0.05, 0.1) is 12.2 Å². The molecule has 3 aromatic rings. The van der Waals surface area contributed by atoms with Gasteiger partial charge in [0.15, 0.2) is 11.5 Å². The summed E-state index contributed by atoms with van der Waals surface area (Å²) in [6.45, 7) is -1.10. The van der Waals surface area contributed by atoms with Gasteiger partial charge in [-0.15, -0.1) is 10.2 Å². The van der Waals surface area contributed by atoms with E-state index in [9.17, 15) is 13.6 Å². The normalized spacial score (nSPS) is 10.7. The van der Waals surface area contributed by atoms with Gasteiger partial charge in [-0.05, 0) is 49.4 Å². The predicted octanol–water partition coefficient (Wildman–Crippen LogP) is 3.96. The van der Waals surface area contributed by atoms with Crippen LogP contribution in [0.25, 0.3) is 11.5 Å². The molecule has 0 bridgehead atoms. The molecule has 140 valence electrons. The zero-order valence-corrected chi connectivity index (χ0v) is 14.1. The third-order valence-electron chi connectivity index (χ3n) is 3.37. The van der Waals surface area contributed by atoms with Crippen molar-refractivity contribution in [2.75, 3.05) is 6.61 Å². The van der Waals surface area contributed by atoms with Crippen molar-refractivity contribution in [1.82, 2.24) is 10.2 Å². The van der Waals surface area contributed by atoms with Crippen LogP contribution in [0.2, 0.25) is 0 Å². The third kappa shape index (κ3) is 4.57. The van der Waals surface area contributed by atoms with E-state index in [1.54, 1.807) is 31.2 Å². The molecular weight excluding hydrogens is 362 g/mol. The summed E-state index contributed by atoms with van der Waals surface area (Å²) in [6, 6.07) is 10.3. The standard InChI is InChI=1S/C18H14F2N2O5/c1-2-24-15-9-12(5-8-14(15)27-18(19)20)17(23)26-13-6-3-11(4-7-13)16-22-21-10-25-16/h3-10,18H,2H2,1H3. The van der Waals surface area contributed by atoms with Crippen molar-refractivity contribution in [3.8, 4) is 28.7 Å². The first-order valence-electron chi connectivity index (χ1n) is 7.87. The number of aromatic nitrogens is 2. The number of nitrogens with zero attached hydrogens (tertiary/aromatic N) is 2. The van der Waals surface area contributed by atoms with E-state index in [0.29, 0.717) is 11.5 Å². The minimum atomic E-state index is -3.00. The Hall–Kier alpha value is -3.49. The van der Waals surface area contributed by atoms with E-state index in [2.05, 4.69) is 14.9 Å². The first-order valence-corrected chi connectivity index (χ1v) is 7.87. The quantitative estimate of drug-likeness (QED) is 0.456. The number of hydrogen-bond donors (Lipinski definition) is 0. The van der Waals surface area contributed by atoms with E-state index in [4.69, 9.17) is 13.9 Å². The summed E-state index contributed by atoms with van der Waals surface area (Å²) in [4.78, 5) is 12.3. The number of rotatable bonds is 7. The number of ether oxygens (including phenoxy) is 3. The molecule has 9 heteroatoms. The molecule has 0 atom stereocenters. The molecule has 0 unspecified atom stereocenters. The highest BCUT2D eigenvalue weighted by Gasteiger charge is 2.16. The average molecular weight is 376 g/mol. The zero-order chi connectivity index (χ0) is 19.2. The first kappa shape index (κ1) is 18.3. The van der Waals surface area contributed by atoms with Gasteiger partial charge < -0.3 is 18.6 Å². The van der Waals surface area contributed by atoms with Crippen LogP contribution in [0.15, 0.2) is 53.3 Å². The second kappa shape index (κ2) is 8.26. The van der Waals surface area contributed by atoms with Crippen molar-refractivity contribution in [2.45, 2.75) is 13.5 Å². The maximum atomic E-state index is 12.4. The second-order valence-electron chi connectivity index (χ2n) is 5.13. The monoisotopic (exact) mass is 376 g/mol. The second-order valence-corrected chi connectivity index (χ2v) is 5.13. The summed E-state index contributed by atoms with van der Waals surface area (Å²) in [7, 11) is 0. The molecule has 0 saturated heterocycles. The smallest absolute Gasteiger partial charge is 0.387 e. The molecule has 3 rings (SSSR count). The van der Waals surface area contributed by atoms with Crippen LogP contribution in [0, 0.1) is 0 Å². The van der Waals surface area contributed by atoms with E-state index < -0.39 is 12.6 Å². The van der Waals surface area contributed by atoms with Crippen LogP contribution >= 0.6 is 0 Å². The van der Waals surface area contributed by atoms with E-state index >= 15 is 0 Å². The number of benzene rings is 2. The Morgan fingerprint density at radius 1 is 1.15 bits per heavy atom. The maximum Gasteiger partial charge on any atom is 0.387 e. The van der Waals surface area contributed by atoms with Crippen LogP contribution in [0.3, 0.4) is 0 Å². The molecule has 0 radical (unpaired) electrons. The molecule has 0 amide bonds. The van der Waals surface area contributed by atoms with Crippen LogP contribution in [-0.4, -0.2) is 29.4 Å². The summed E-state index contributed by atoms with van der Waals surface area (Å²) >= 11 is 0.